The molecule has 0 spiro atoms. The van der Waals surface area contributed by atoms with E-state index in [1.165, 1.54) is 0 Å². The van der Waals surface area contributed by atoms with E-state index in [-0.39, 0.29) is 5.54 Å². The van der Waals surface area contributed by atoms with E-state index in [9.17, 15) is 0 Å². The first-order chi connectivity index (χ1) is 9.86. The zero-order chi connectivity index (χ0) is 15.6. The molecule has 0 radical (unpaired) electrons. The average Bonchev–Trinajstić information content (AvgIpc) is 2.43. The summed E-state index contributed by atoms with van der Waals surface area (Å²) in [7, 11) is 0. The fraction of sp³-hybridized carbons (Fsp3) is 0.647. The lowest BCUT2D eigenvalue weighted by atomic mass is 9.89. The Labute approximate surface area is 138 Å². The smallest absolute Gasteiger partial charge is 0.0465 e. The van der Waals surface area contributed by atoms with Crippen molar-refractivity contribution < 1.29 is 0 Å². The maximum Gasteiger partial charge on any atom is 0.0465 e. The van der Waals surface area contributed by atoms with Gasteiger partial charge in [-0.1, -0.05) is 50.0 Å². The van der Waals surface area contributed by atoms with Crippen molar-refractivity contribution in [1.82, 2.24) is 10.2 Å². The molecule has 1 fully saturated rings. The number of halogens is 2. The van der Waals surface area contributed by atoms with Crippen molar-refractivity contribution in [3.8, 4) is 0 Å². The van der Waals surface area contributed by atoms with Gasteiger partial charge in [-0.05, 0) is 31.4 Å². The van der Waals surface area contributed by atoms with E-state index in [1.807, 2.05) is 18.2 Å². The monoisotopic (exact) mass is 328 g/mol. The minimum absolute atomic E-state index is 0.166. The minimum Gasteiger partial charge on any atom is -0.309 e. The van der Waals surface area contributed by atoms with E-state index >= 15 is 0 Å². The lowest BCUT2D eigenvalue weighted by Crippen LogP contribution is -2.63. The summed E-state index contributed by atoms with van der Waals surface area (Å²) in [5.41, 5.74) is 1.21. The predicted molar refractivity (Wildman–Crippen MR) is 92.2 cm³/mol. The molecule has 0 aromatic heterocycles. The van der Waals surface area contributed by atoms with Crippen LogP contribution in [-0.4, -0.2) is 29.6 Å². The van der Waals surface area contributed by atoms with Gasteiger partial charge in [0, 0.05) is 46.8 Å². The molecule has 0 aliphatic carbocycles. The molecule has 2 atom stereocenters. The van der Waals surface area contributed by atoms with Crippen LogP contribution in [0.4, 0.5) is 0 Å². The van der Waals surface area contributed by atoms with Gasteiger partial charge in [-0.15, -0.1) is 0 Å². The normalized spacial score (nSPS) is 27.3. The SMILES string of the molecule is CCC1(C)CN(Cc2c(Cl)cccc2Cl)C(C(C)C)CN1. The second kappa shape index (κ2) is 6.87. The molecular formula is C17H26Cl2N2. The van der Waals surface area contributed by atoms with E-state index in [4.69, 9.17) is 23.2 Å². The Morgan fingerprint density at radius 2 is 1.95 bits per heavy atom. The number of rotatable bonds is 4. The van der Waals surface area contributed by atoms with E-state index in [0.29, 0.717) is 12.0 Å². The van der Waals surface area contributed by atoms with Crippen LogP contribution in [0.1, 0.15) is 39.7 Å². The van der Waals surface area contributed by atoms with Crippen molar-refractivity contribution in [2.24, 2.45) is 5.92 Å². The van der Waals surface area contributed by atoms with Crippen molar-refractivity contribution in [3.05, 3.63) is 33.8 Å². The molecule has 118 valence electrons. The average molecular weight is 329 g/mol. The van der Waals surface area contributed by atoms with Crippen molar-refractivity contribution in [3.63, 3.8) is 0 Å². The highest BCUT2D eigenvalue weighted by Crippen LogP contribution is 2.30. The number of hydrogen-bond donors (Lipinski definition) is 1. The molecule has 0 amide bonds. The van der Waals surface area contributed by atoms with Crippen molar-refractivity contribution in [1.29, 1.82) is 0 Å². The third kappa shape index (κ3) is 3.92. The van der Waals surface area contributed by atoms with E-state index in [0.717, 1.165) is 41.7 Å². The van der Waals surface area contributed by atoms with Crippen molar-refractivity contribution in [2.45, 2.75) is 52.2 Å². The van der Waals surface area contributed by atoms with Crippen LogP contribution < -0.4 is 5.32 Å². The topological polar surface area (TPSA) is 15.3 Å². The third-order valence-corrected chi connectivity index (χ3v) is 5.44. The molecule has 1 aliphatic rings. The molecule has 1 aromatic carbocycles. The second-order valence-electron chi connectivity index (χ2n) is 6.71. The van der Waals surface area contributed by atoms with Gasteiger partial charge < -0.3 is 5.32 Å². The van der Waals surface area contributed by atoms with Crippen molar-refractivity contribution >= 4 is 23.2 Å². The summed E-state index contributed by atoms with van der Waals surface area (Å²) in [6, 6.07) is 6.27. The lowest BCUT2D eigenvalue weighted by molar-refractivity contribution is 0.0539. The zero-order valence-electron chi connectivity index (χ0n) is 13.4. The lowest BCUT2D eigenvalue weighted by Gasteiger charge is -2.47. The largest absolute Gasteiger partial charge is 0.309 e. The molecule has 0 bridgehead atoms. The molecule has 1 heterocycles. The first kappa shape index (κ1) is 17.1. The van der Waals surface area contributed by atoms with E-state index in [2.05, 4.69) is 37.9 Å². The molecule has 2 rings (SSSR count). The molecular weight excluding hydrogens is 303 g/mol. The molecule has 2 nitrogen and oxygen atoms in total. The summed E-state index contributed by atoms with van der Waals surface area (Å²) in [6.45, 7) is 12.0. The Morgan fingerprint density at radius 3 is 2.48 bits per heavy atom. The fourth-order valence-electron chi connectivity index (χ4n) is 3.06. The number of nitrogens with zero attached hydrogens (tertiary/aromatic N) is 1. The van der Waals surface area contributed by atoms with Gasteiger partial charge in [-0.3, -0.25) is 4.90 Å². The fourth-order valence-corrected chi connectivity index (χ4v) is 3.57. The van der Waals surface area contributed by atoms with Crippen LogP contribution in [-0.2, 0) is 6.54 Å². The Balaban J connectivity index is 2.24. The molecule has 4 heteroatoms. The van der Waals surface area contributed by atoms with Gasteiger partial charge in [0.15, 0.2) is 0 Å². The summed E-state index contributed by atoms with van der Waals surface area (Å²) >= 11 is 12.7. The molecule has 2 unspecified atom stereocenters. The number of hydrogen-bond acceptors (Lipinski definition) is 2. The van der Waals surface area contributed by atoms with Crippen molar-refractivity contribution in [2.75, 3.05) is 13.1 Å². The second-order valence-corrected chi connectivity index (χ2v) is 7.53. The Morgan fingerprint density at radius 1 is 1.33 bits per heavy atom. The van der Waals surface area contributed by atoms with Gasteiger partial charge in [0.05, 0.1) is 0 Å². The van der Waals surface area contributed by atoms with E-state index in [1.54, 1.807) is 0 Å². The predicted octanol–water partition coefficient (Wildman–Crippen LogP) is 4.59. The molecule has 1 aromatic rings. The van der Waals surface area contributed by atoms with Crippen LogP contribution in [0.15, 0.2) is 18.2 Å². The van der Waals surface area contributed by atoms with E-state index < -0.39 is 0 Å². The number of benzene rings is 1. The number of piperazine rings is 1. The highest BCUT2D eigenvalue weighted by Gasteiger charge is 2.36. The Kier molecular flexibility index (Phi) is 5.59. The van der Waals surface area contributed by atoms with Crippen LogP contribution in [0.2, 0.25) is 10.0 Å². The molecule has 1 aliphatic heterocycles. The van der Waals surface area contributed by atoms with Crippen LogP contribution >= 0.6 is 23.2 Å². The van der Waals surface area contributed by atoms with Gasteiger partial charge >= 0.3 is 0 Å². The van der Waals surface area contributed by atoms with Gasteiger partial charge in [-0.25, -0.2) is 0 Å². The van der Waals surface area contributed by atoms with Crippen LogP contribution in [0.25, 0.3) is 0 Å². The third-order valence-electron chi connectivity index (χ3n) is 4.73. The first-order valence-electron chi connectivity index (χ1n) is 7.78. The summed E-state index contributed by atoms with van der Waals surface area (Å²) < 4.78 is 0. The minimum atomic E-state index is 0.166. The summed E-state index contributed by atoms with van der Waals surface area (Å²) in [4.78, 5) is 2.54. The van der Waals surface area contributed by atoms with Gasteiger partial charge in [0.25, 0.3) is 0 Å². The molecule has 21 heavy (non-hydrogen) atoms. The summed E-state index contributed by atoms with van der Waals surface area (Å²) in [6.07, 6.45) is 1.12. The first-order valence-corrected chi connectivity index (χ1v) is 8.54. The molecule has 1 saturated heterocycles. The Bertz CT molecular complexity index is 469. The summed E-state index contributed by atoms with van der Waals surface area (Å²) in [5.74, 6) is 0.597. The summed E-state index contributed by atoms with van der Waals surface area (Å²) in [5, 5.41) is 5.24. The maximum absolute atomic E-state index is 6.35. The van der Waals surface area contributed by atoms with Crippen LogP contribution in [0.5, 0.6) is 0 Å². The van der Waals surface area contributed by atoms with Gasteiger partial charge in [0.2, 0.25) is 0 Å². The quantitative estimate of drug-likeness (QED) is 0.869. The van der Waals surface area contributed by atoms with Crippen LogP contribution in [0, 0.1) is 5.92 Å². The maximum atomic E-state index is 6.35. The highest BCUT2D eigenvalue weighted by molar-refractivity contribution is 6.35. The van der Waals surface area contributed by atoms with Gasteiger partial charge in [-0.2, -0.15) is 0 Å². The Hall–Kier alpha value is -0.280. The number of nitrogens with one attached hydrogen (secondary N) is 1. The van der Waals surface area contributed by atoms with Crippen LogP contribution in [0.3, 0.4) is 0 Å². The molecule has 0 saturated carbocycles. The highest BCUT2D eigenvalue weighted by atomic mass is 35.5. The van der Waals surface area contributed by atoms with Gasteiger partial charge in [0.1, 0.15) is 0 Å². The zero-order valence-corrected chi connectivity index (χ0v) is 14.9. The standard InChI is InChI=1S/C17H26Cl2N2/c1-5-17(4)11-21(16(9-20-17)12(2)3)10-13-14(18)7-6-8-15(13)19/h6-8,12,16,20H,5,9-11H2,1-4H3. The molecule has 1 N–H and O–H groups in total.